The van der Waals surface area contributed by atoms with E-state index in [-0.39, 0.29) is 34.6 Å². The number of rotatable bonds is 7. The number of aliphatic imine (C=N–C) groups is 1. The van der Waals surface area contributed by atoms with Crippen LogP contribution in [0, 0.1) is 10.1 Å². The number of halogens is 1. The minimum Gasteiger partial charge on any atom is -0.357 e. The standard InChI is InChI=1S/C17H27N5O2.HI/c1-3-18-17(20-13-16-6-5-11-21(16)4-2)19-12-14-7-9-15(10-8-14)22(23)24;/h7-10,16H,3-6,11-13H2,1-2H3,(H2,18,19,20);1H. The van der Waals surface area contributed by atoms with Crippen LogP contribution in [0.25, 0.3) is 0 Å². The maximum absolute atomic E-state index is 10.7. The molecule has 0 aliphatic carbocycles. The molecule has 25 heavy (non-hydrogen) atoms. The second-order valence-electron chi connectivity index (χ2n) is 5.92. The Balaban J connectivity index is 0.00000312. The van der Waals surface area contributed by atoms with Crippen molar-refractivity contribution in [2.75, 3.05) is 26.2 Å². The first kappa shape index (κ1) is 21.6. The lowest BCUT2D eigenvalue weighted by Gasteiger charge is -2.24. The Bertz CT molecular complexity index is 565. The fourth-order valence-electron chi connectivity index (χ4n) is 2.99. The molecule has 0 amide bonds. The average molecular weight is 461 g/mol. The van der Waals surface area contributed by atoms with Crippen molar-refractivity contribution in [1.29, 1.82) is 0 Å². The van der Waals surface area contributed by atoms with Crippen molar-refractivity contribution in [3.8, 4) is 0 Å². The molecule has 2 rings (SSSR count). The zero-order valence-corrected chi connectivity index (χ0v) is 17.2. The third kappa shape index (κ3) is 6.77. The SMILES string of the molecule is CCNC(=NCc1ccc([N+](=O)[O-])cc1)NCC1CCCN1CC.I. The van der Waals surface area contributed by atoms with Crippen molar-refractivity contribution in [3.05, 3.63) is 39.9 Å². The van der Waals surface area contributed by atoms with Crippen molar-refractivity contribution in [3.63, 3.8) is 0 Å². The maximum Gasteiger partial charge on any atom is 0.269 e. The van der Waals surface area contributed by atoms with E-state index in [1.54, 1.807) is 12.1 Å². The molecule has 1 aromatic rings. The number of hydrogen-bond acceptors (Lipinski definition) is 4. The third-order valence-electron chi connectivity index (χ3n) is 4.32. The van der Waals surface area contributed by atoms with Gasteiger partial charge in [0.2, 0.25) is 0 Å². The van der Waals surface area contributed by atoms with E-state index in [1.807, 2.05) is 6.92 Å². The summed E-state index contributed by atoms with van der Waals surface area (Å²) in [6.07, 6.45) is 2.49. The highest BCUT2D eigenvalue weighted by molar-refractivity contribution is 14.0. The number of nitro groups is 1. The van der Waals surface area contributed by atoms with Crippen LogP contribution in [0.1, 0.15) is 32.3 Å². The van der Waals surface area contributed by atoms with Crippen LogP contribution >= 0.6 is 24.0 Å². The van der Waals surface area contributed by atoms with Gasteiger partial charge in [0.1, 0.15) is 0 Å². The van der Waals surface area contributed by atoms with Gasteiger partial charge in [-0.1, -0.05) is 19.1 Å². The van der Waals surface area contributed by atoms with E-state index >= 15 is 0 Å². The molecule has 0 aromatic heterocycles. The molecule has 1 heterocycles. The lowest BCUT2D eigenvalue weighted by atomic mass is 10.2. The molecule has 0 radical (unpaired) electrons. The molecule has 1 aliphatic rings. The molecule has 8 heteroatoms. The van der Waals surface area contributed by atoms with E-state index in [4.69, 9.17) is 0 Å². The van der Waals surface area contributed by atoms with Crippen LogP contribution in [0.4, 0.5) is 5.69 Å². The lowest BCUT2D eigenvalue weighted by Crippen LogP contribution is -2.44. The molecule has 1 aromatic carbocycles. The van der Waals surface area contributed by atoms with Crippen LogP contribution in [0.3, 0.4) is 0 Å². The summed E-state index contributed by atoms with van der Waals surface area (Å²) in [6, 6.07) is 7.10. The molecule has 2 N–H and O–H groups in total. The van der Waals surface area contributed by atoms with Crippen LogP contribution in [-0.4, -0.2) is 48.0 Å². The Morgan fingerprint density at radius 1 is 1.32 bits per heavy atom. The van der Waals surface area contributed by atoms with Crippen LogP contribution in [0.5, 0.6) is 0 Å². The minimum atomic E-state index is -0.389. The second-order valence-corrected chi connectivity index (χ2v) is 5.92. The van der Waals surface area contributed by atoms with Crippen LogP contribution in [0.2, 0.25) is 0 Å². The molecule has 0 bridgehead atoms. The predicted molar refractivity (Wildman–Crippen MR) is 112 cm³/mol. The van der Waals surface area contributed by atoms with Crippen molar-refractivity contribution in [2.45, 2.75) is 39.3 Å². The number of nitrogens with one attached hydrogen (secondary N) is 2. The van der Waals surface area contributed by atoms with E-state index in [9.17, 15) is 10.1 Å². The zero-order valence-electron chi connectivity index (χ0n) is 14.9. The molecule has 1 atom stereocenters. The maximum atomic E-state index is 10.7. The summed E-state index contributed by atoms with van der Waals surface area (Å²) in [5.74, 6) is 0.791. The van der Waals surface area contributed by atoms with Crippen molar-refractivity contribution in [2.24, 2.45) is 4.99 Å². The highest BCUT2D eigenvalue weighted by Crippen LogP contribution is 2.15. The van der Waals surface area contributed by atoms with Crippen LogP contribution in [0.15, 0.2) is 29.3 Å². The van der Waals surface area contributed by atoms with Gasteiger partial charge in [0.15, 0.2) is 5.96 Å². The summed E-state index contributed by atoms with van der Waals surface area (Å²) >= 11 is 0. The molecule has 0 spiro atoms. The largest absolute Gasteiger partial charge is 0.357 e. The first-order valence-corrected chi connectivity index (χ1v) is 8.63. The van der Waals surface area contributed by atoms with Crippen molar-refractivity contribution >= 4 is 35.6 Å². The third-order valence-corrected chi connectivity index (χ3v) is 4.32. The highest BCUT2D eigenvalue weighted by atomic mass is 127. The van der Waals surface area contributed by atoms with Gasteiger partial charge in [0.05, 0.1) is 11.5 Å². The fraction of sp³-hybridized carbons (Fsp3) is 0.588. The molecule has 0 saturated carbocycles. The fourth-order valence-corrected chi connectivity index (χ4v) is 2.99. The van der Waals surface area contributed by atoms with Crippen molar-refractivity contribution < 1.29 is 4.92 Å². The monoisotopic (exact) mass is 461 g/mol. The van der Waals surface area contributed by atoms with Gasteiger partial charge < -0.3 is 10.6 Å². The number of likely N-dealkylation sites (N-methyl/N-ethyl adjacent to an activating group) is 1. The second kappa shape index (κ2) is 11.2. The number of nitrogens with zero attached hydrogens (tertiary/aromatic N) is 3. The normalized spacial score (nSPS) is 17.8. The number of likely N-dealkylation sites (tertiary alicyclic amines) is 1. The molecule has 1 fully saturated rings. The van der Waals surface area contributed by atoms with Crippen molar-refractivity contribution in [1.82, 2.24) is 15.5 Å². The summed E-state index contributed by atoms with van der Waals surface area (Å²) in [4.78, 5) is 17.4. The van der Waals surface area contributed by atoms with E-state index in [1.165, 1.54) is 31.5 Å². The van der Waals surface area contributed by atoms with Gasteiger partial charge in [0.25, 0.3) is 5.69 Å². The summed E-state index contributed by atoms with van der Waals surface area (Å²) in [5.41, 5.74) is 1.06. The first-order chi connectivity index (χ1) is 11.6. The number of non-ortho nitro benzene ring substituents is 1. The number of nitro benzene ring substituents is 1. The summed E-state index contributed by atoms with van der Waals surface area (Å²) in [6.45, 7) is 8.69. The molecule has 1 aliphatic heterocycles. The van der Waals surface area contributed by atoms with Gasteiger partial charge >= 0.3 is 0 Å². The van der Waals surface area contributed by atoms with E-state index < -0.39 is 0 Å². The molecular formula is C17H28IN5O2. The number of guanidine groups is 1. The van der Waals surface area contributed by atoms with Gasteiger partial charge in [-0.3, -0.25) is 15.0 Å². The Kier molecular flexibility index (Phi) is 9.73. The van der Waals surface area contributed by atoms with Gasteiger partial charge in [-0.25, -0.2) is 4.99 Å². The molecule has 140 valence electrons. The zero-order chi connectivity index (χ0) is 17.4. The van der Waals surface area contributed by atoms with E-state index in [0.29, 0.717) is 12.6 Å². The quantitative estimate of drug-likeness (QED) is 0.215. The topological polar surface area (TPSA) is 82.8 Å². The highest BCUT2D eigenvalue weighted by Gasteiger charge is 2.22. The Morgan fingerprint density at radius 3 is 2.64 bits per heavy atom. The Morgan fingerprint density at radius 2 is 2.04 bits per heavy atom. The smallest absolute Gasteiger partial charge is 0.269 e. The summed E-state index contributed by atoms with van der Waals surface area (Å²) in [5, 5.41) is 17.3. The summed E-state index contributed by atoms with van der Waals surface area (Å²) in [7, 11) is 0. The van der Waals surface area contributed by atoms with E-state index in [0.717, 1.165) is 31.2 Å². The Labute approximate surface area is 166 Å². The van der Waals surface area contributed by atoms with Crippen LogP contribution < -0.4 is 10.6 Å². The van der Waals surface area contributed by atoms with Gasteiger partial charge in [0, 0.05) is 31.3 Å². The molecule has 1 unspecified atom stereocenters. The molecular weight excluding hydrogens is 433 g/mol. The van der Waals surface area contributed by atoms with Gasteiger partial charge in [-0.15, -0.1) is 24.0 Å². The van der Waals surface area contributed by atoms with Gasteiger partial charge in [-0.2, -0.15) is 0 Å². The summed E-state index contributed by atoms with van der Waals surface area (Å²) < 4.78 is 0. The van der Waals surface area contributed by atoms with Gasteiger partial charge in [-0.05, 0) is 38.4 Å². The Hall–Kier alpha value is -1.42. The average Bonchev–Trinajstić information content (AvgIpc) is 3.05. The number of hydrogen-bond donors (Lipinski definition) is 2. The van der Waals surface area contributed by atoms with E-state index in [2.05, 4.69) is 27.4 Å². The number of benzene rings is 1. The lowest BCUT2D eigenvalue weighted by molar-refractivity contribution is -0.384. The molecule has 1 saturated heterocycles. The van der Waals surface area contributed by atoms with Crippen LogP contribution in [-0.2, 0) is 6.54 Å². The predicted octanol–water partition coefficient (Wildman–Crippen LogP) is 2.75. The molecule has 7 nitrogen and oxygen atoms in total. The first-order valence-electron chi connectivity index (χ1n) is 8.63. The minimum absolute atomic E-state index is 0.